The Labute approximate surface area is 180 Å². The molecule has 0 atom stereocenters. The smallest absolute Gasteiger partial charge is 0.170 e. The monoisotopic (exact) mass is 421 g/mol. The van der Waals surface area contributed by atoms with Crippen LogP contribution in [0.25, 0.3) is 10.9 Å². The van der Waals surface area contributed by atoms with Gasteiger partial charge in [0.2, 0.25) is 0 Å². The molecular formula is C22H20ClN5S. The van der Waals surface area contributed by atoms with Gasteiger partial charge in [-0.15, -0.1) is 0 Å². The molecule has 1 fully saturated rings. The molecule has 1 aliphatic heterocycles. The van der Waals surface area contributed by atoms with Gasteiger partial charge in [0.1, 0.15) is 0 Å². The number of hydrogen-bond acceptors (Lipinski definition) is 4. The van der Waals surface area contributed by atoms with Gasteiger partial charge in [-0.25, -0.2) is 0 Å². The summed E-state index contributed by atoms with van der Waals surface area (Å²) in [7, 11) is 0. The molecule has 2 aromatic carbocycles. The number of nitrogens with zero attached hydrogens (tertiary/aromatic N) is 3. The van der Waals surface area contributed by atoms with Crippen molar-refractivity contribution in [1.29, 1.82) is 5.26 Å². The lowest BCUT2D eigenvalue weighted by Crippen LogP contribution is -2.46. The number of fused-ring (bicyclic) bond motifs is 1. The third-order valence-corrected chi connectivity index (χ3v) is 5.56. The lowest BCUT2D eigenvalue weighted by atomic mass is 10.0. The second-order valence-electron chi connectivity index (χ2n) is 7.04. The Morgan fingerprint density at radius 2 is 2.00 bits per heavy atom. The van der Waals surface area contributed by atoms with Gasteiger partial charge >= 0.3 is 0 Å². The summed E-state index contributed by atoms with van der Waals surface area (Å²) in [4.78, 5) is 6.82. The number of hydrogen-bond donors (Lipinski definition) is 2. The number of aromatic nitrogens is 1. The largest absolute Gasteiger partial charge is 0.371 e. The van der Waals surface area contributed by atoms with Crippen LogP contribution in [0.1, 0.15) is 18.4 Å². The van der Waals surface area contributed by atoms with E-state index in [2.05, 4.69) is 32.7 Å². The number of anilines is 2. The highest BCUT2D eigenvalue weighted by atomic mass is 35.5. The van der Waals surface area contributed by atoms with Crippen molar-refractivity contribution in [1.82, 2.24) is 10.3 Å². The highest BCUT2D eigenvalue weighted by Gasteiger charge is 2.21. The maximum Gasteiger partial charge on any atom is 0.170 e. The Kier molecular flexibility index (Phi) is 5.79. The summed E-state index contributed by atoms with van der Waals surface area (Å²) in [5.41, 5.74) is 3.55. The normalized spacial score (nSPS) is 14.4. The minimum Gasteiger partial charge on any atom is -0.371 e. The first-order chi connectivity index (χ1) is 14.1. The molecule has 7 heteroatoms. The van der Waals surface area contributed by atoms with E-state index in [1.165, 1.54) is 5.69 Å². The van der Waals surface area contributed by atoms with E-state index in [9.17, 15) is 0 Å². The molecule has 0 aliphatic carbocycles. The van der Waals surface area contributed by atoms with E-state index in [0.29, 0.717) is 16.7 Å². The van der Waals surface area contributed by atoms with E-state index < -0.39 is 0 Å². The zero-order chi connectivity index (χ0) is 20.2. The summed E-state index contributed by atoms with van der Waals surface area (Å²) in [6.45, 7) is 1.85. The van der Waals surface area contributed by atoms with Gasteiger partial charge in [-0.05, 0) is 67.5 Å². The summed E-state index contributed by atoms with van der Waals surface area (Å²) >= 11 is 11.7. The van der Waals surface area contributed by atoms with E-state index in [0.717, 1.165) is 47.5 Å². The standard InChI is InChI=1S/C22H20ClN5S/c23-16-4-5-20-19(13-16)21(6-9-25-20)28-10-7-17(8-11-28)26-22(29)27-18-3-1-2-15(12-18)14-24/h1-6,9,12-13,17H,7-8,10-11H2,(H2,26,27,29). The Bertz CT molecular complexity index is 1090. The molecule has 5 nitrogen and oxygen atoms in total. The van der Waals surface area contributed by atoms with Gasteiger partial charge in [-0.1, -0.05) is 17.7 Å². The van der Waals surface area contributed by atoms with E-state index in [-0.39, 0.29) is 0 Å². The van der Waals surface area contributed by atoms with Crippen molar-refractivity contribution in [2.45, 2.75) is 18.9 Å². The molecule has 0 radical (unpaired) electrons. The fourth-order valence-corrected chi connectivity index (χ4v) is 4.12. The molecule has 146 valence electrons. The lowest BCUT2D eigenvalue weighted by Gasteiger charge is -2.35. The molecular weight excluding hydrogens is 402 g/mol. The van der Waals surface area contributed by atoms with Gasteiger partial charge in [0, 0.05) is 47.1 Å². The average molecular weight is 422 g/mol. The van der Waals surface area contributed by atoms with Gasteiger partial charge in [0.25, 0.3) is 0 Å². The topological polar surface area (TPSA) is 64.0 Å². The van der Waals surface area contributed by atoms with Crippen molar-refractivity contribution in [3.63, 3.8) is 0 Å². The van der Waals surface area contributed by atoms with Crippen LogP contribution in [0.3, 0.4) is 0 Å². The van der Waals surface area contributed by atoms with Crippen molar-refractivity contribution in [2.75, 3.05) is 23.3 Å². The molecule has 0 saturated carbocycles. The number of nitrogens with one attached hydrogen (secondary N) is 2. The van der Waals surface area contributed by atoms with Crippen molar-refractivity contribution >= 4 is 51.2 Å². The molecule has 1 saturated heterocycles. The van der Waals surface area contributed by atoms with Crippen molar-refractivity contribution in [3.8, 4) is 6.07 Å². The number of rotatable bonds is 3. The first kappa shape index (κ1) is 19.4. The number of thiocarbonyl (C=S) groups is 1. The molecule has 2 N–H and O–H groups in total. The fraction of sp³-hybridized carbons (Fsp3) is 0.227. The second kappa shape index (κ2) is 8.64. The molecule has 29 heavy (non-hydrogen) atoms. The Balaban J connectivity index is 1.37. The number of piperidine rings is 1. The Hall–Kier alpha value is -2.88. The molecule has 3 aromatic rings. The fourth-order valence-electron chi connectivity index (χ4n) is 3.66. The predicted octanol–water partition coefficient (Wildman–Crippen LogP) is 4.72. The quantitative estimate of drug-likeness (QED) is 0.597. The molecule has 2 heterocycles. The summed E-state index contributed by atoms with van der Waals surface area (Å²) in [5.74, 6) is 0. The molecule has 1 aromatic heterocycles. The van der Waals surface area contributed by atoms with Crippen molar-refractivity contribution < 1.29 is 0 Å². The SMILES string of the molecule is N#Cc1cccc(NC(=S)NC2CCN(c3ccnc4ccc(Cl)cc34)CC2)c1. The van der Waals surface area contributed by atoms with Crippen LogP contribution in [0.15, 0.2) is 54.7 Å². The van der Waals surface area contributed by atoms with E-state index in [4.69, 9.17) is 29.1 Å². The molecule has 0 unspecified atom stereocenters. The minimum atomic E-state index is 0.307. The van der Waals surface area contributed by atoms with Gasteiger partial charge in [-0.3, -0.25) is 4.98 Å². The maximum absolute atomic E-state index is 9.02. The van der Waals surface area contributed by atoms with Crippen LogP contribution in [-0.4, -0.2) is 29.2 Å². The second-order valence-corrected chi connectivity index (χ2v) is 7.89. The van der Waals surface area contributed by atoms with Crippen LogP contribution in [0.2, 0.25) is 5.02 Å². The first-order valence-electron chi connectivity index (χ1n) is 9.49. The van der Waals surface area contributed by atoms with Crippen LogP contribution < -0.4 is 15.5 Å². The first-order valence-corrected chi connectivity index (χ1v) is 10.3. The van der Waals surface area contributed by atoms with Crippen LogP contribution in [0.5, 0.6) is 0 Å². The van der Waals surface area contributed by atoms with Crippen LogP contribution in [0, 0.1) is 11.3 Å². The maximum atomic E-state index is 9.02. The van der Waals surface area contributed by atoms with Crippen molar-refractivity contribution in [3.05, 3.63) is 65.3 Å². The lowest BCUT2D eigenvalue weighted by molar-refractivity contribution is 0.468. The highest BCUT2D eigenvalue weighted by molar-refractivity contribution is 7.80. The average Bonchev–Trinajstić information content (AvgIpc) is 2.74. The molecule has 0 spiro atoms. The van der Waals surface area contributed by atoms with Crippen LogP contribution >= 0.6 is 23.8 Å². The van der Waals surface area contributed by atoms with Crippen LogP contribution in [0.4, 0.5) is 11.4 Å². The third-order valence-electron chi connectivity index (χ3n) is 5.10. The van der Waals surface area contributed by atoms with Crippen LogP contribution in [-0.2, 0) is 0 Å². The van der Waals surface area contributed by atoms with Gasteiger partial charge in [0.15, 0.2) is 5.11 Å². The van der Waals surface area contributed by atoms with E-state index >= 15 is 0 Å². The summed E-state index contributed by atoms with van der Waals surface area (Å²) in [6, 6.07) is 17.6. The summed E-state index contributed by atoms with van der Waals surface area (Å²) in [6.07, 6.45) is 3.80. The summed E-state index contributed by atoms with van der Waals surface area (Å²) < 4.78 is 0. The van der Waals surface area contributed by atoms with Crippen molar-refractivity contribution in [2.24, 2.45) is 0 Å². The number of benzene rings is 2. The third kappa shape index (κ3) is 4.58. The van der Waals surface area contributed by atoms with Gasteiger partial charge in [-0.2, -0.15) is 5.26 Å². The highest BCUT2D eigenvalue weighted by Crippen LogP contribution is 2.29. The number of nitriles is 1. The van der Waals surface area contributed by atoms with Gasteiger partial charge in [0.05, 0.1) is 17.1 Å². The molecule has 1 aliphatic rings. The predicted molar refractivity (Wildman–Crippen MR) is 123 cm³/mol. The number of pyridine rings is 1. The molecule has 0 amide bonds. The van der Waals surface area contributed by atoms with E-state index in [1.807, 2.05) is 36.5 Å². The molecule has 0 bridgehead atoms. The minimum absolute atomic E-state index is 0.307. The Morgan fingerprint density at radius 3 is 2.79 bits per heavy atom. The van der Waals surface area contributed by atoms with E-state index in [1.54, 1.807) is 12.1 Å². The zero-order valence-electron chi connectivity index (χ0n) is 15.7. The Morgan fingerprint density at radius 1 is 1.17 bits per heavy atom. The molecule has 4 rings (SSSR count). The number of halogens is 1. The van der Waals surface area contributed by atoms with Gasteiger partial charge < -0.3 is 15.5 Å². The summed E-state index contributed by atoms with van der Waals surface area (Å²) in [5, 5.41) is 18.0. The zero-order valence-corrected chi connectivity index (χ0v) is 17.3.